The van der Waals surface area contributed by atoms with E-state index in [0.29, 0.717) is 21.9 Å². The minimum atomic E-state index is -1.01. The molecule has 0 aliphatic carbocycles. The van der Waals surface area contributed by atoms with Crippen LogP contribution in [-0.2, 0) is 9.59 Å². The number of carboxylic acids is 1. The predicted octanol–water partition coefficient (Wildman–Crippen LogP) is 1.07. The van der Waals surface area contributed by atoms with Crippen LogP contribution in [0.4, 0.5) is 5.13 Å². The minimum absolute atomic E-state index is 0.134. The highest BCUT2D eigenvalue weighted by molar-refractivity contribution is 7.22. The molecule has 2 amide bonds. The van der Waals surface area contributed by atoms with Crippen molar-refractivity contribution in [3.05, 3.63) is 23.8 Å². The van der Waals surface area contributed by atoms with Crippen molar-refractivity contribution < 1.29 is 19.5 Å². The van der Waals surface area contributed by atoms with Gasteiger partial charge in [0.25, 0.3) is 0 Å². The van der Waals surface area contributed by atoms with Gasteiger partial charge in [0.1, 0.15) is 0 Å². The minimum Gasteiger partial charge on any atom is -0.478 e. The normalized spacial score (nSPS) is 17.7. The Morgan fingerprint density at radius 3 is 2.90 bits per heavy atom. The fraction of sp³-hybridized carbons (Fsp3) is 0.231. The second-order valence-corrected chi connectivity index (χ2v) is 5.73. The lowest BCUT2D eigenvalue weighted by Crippen LogP contribution is -2.24. The zero-order valence-electron chi connectivity index (χ0n) is 10.8. The second kappa shape index (κ2) is 5.13. The summed E-state index contributed by atoms with van der Waals surface area (Å²) in [5, 5.41) is 14.6. The Kier molecular flexibility index (Phi) is 3.30. The maximum absolute atomic E-state index is 12.0. The maximum atomic E-state index is 12.0. The number of hydrogen-bond donors (Lipinski definition) is 3. The molecule has 7 nitrogen and oxygen atoms in total. The molecule has 8 heteroatoms. The fourth-order valence-corrected chi connectivity index (χ4v) is 3.02. The van der Waals surface area contributed by atoms with Crippen LogP contribution in [0.15, 0.2) is 18.2 Å². The number of carbonyl (C=O) groups excluding carboxylic acids is 2. The van der Waals surface area contributed by atoms with Gasteiger partial charge in [-0.3, -0.25) is 9.59 Å². The summed E-state index contributed by atoms with van der Waals surface area (Å²) in [7, 11) is 0. The smallest absolute Gasteiger partial charge is 0.335 e. The van der Waals surface area contributed by atoms with E-state index < -0.39 is 5.97 Å². The van der Waals surface area contributed by atoms with Gasteiger partial charge in [0, 0.05) is 13.0 Å². The van der Waals surface area contributed by atoms with E-state index >= 15 is 0 Å². The van der Waals surface area contributed by atoms with Crippen LogP contribution in [0.2, 0.25) is 0 Å². The first-order valence-electron chi connectivity index (χ1n) is 6.24. The molecule has 0 saturated carbocycles. The summed E-state index contributed by atoms with van der Waals surface area (Å²) in [6.45, 7) is 0.332. The molecule has 1 aromatic heterocycles. The molecule has 1 fully saturated rings. The number of nitrogens with one attached hydrogen (secondary N) is 2. The molecule has 1 aliphatic heterocycles. The van der Waals surface area contributed by atoms with E-state index in [-0.39, 0.29) is 29.7 Å². The van der Waals surface area contributed by atoms with Crippen molar-refractivity contribution in [3.8, 4) is 0 Å². The molecule has 1 aliphatic rings. The summed E-state index contributed by atoms with van der Waals surface area (Å²) in [6.07, 6.45) is 0.180. The quantitative estimate of drug-likeness (QED) is 0.786. The average molecular weight is 305 g/mol. The van der Waals surface area contributed by atoms with Gasteiger partial charge in [-0.25, -0.2) is 9.78 Å². The number of hydrogen-bond acceptors (Lipinski definition) is 5. The number of anilines is 1. The fourth-order valence-electron chi connectivity index (χ4n) is 2.11. The second-order valence-electron chi connectivity index (χ2n) is 4.70. The molecule has 1 saturated heterocycles. The van der Waals surface area contributed by atoms with Crippen LogP contribution in [0.5, 0.6) is 0 Å². The molecule has 3 rings (SSSR count). The number of aromatic carboxylic acids is 1. The first-order valence-corrected chi connectivity index (χ1v) is 7.06. The molecule has 108 valence electrons. The van der Waals surface area contributed by atoms with Gasteiger partial charge in [-0.2, -0.15) is 0 Å². The van der Waals surface area contributed by atoms with Crippen LogP contribution < -0.4 is 10.6 Å². The van der Waals surface area contributed by atoms with Crippen LogP contribution in [-0.4, -0.2) is 34.4 Å². The summed E-state index contributed by atoms with van der Waals surface area (Å²) in [5.74, 6) is -1.79. The third-order valence-electron chi connectivity index (χ3n) is 3.21. The molecule has 0 bridgehead atoms. The lowest BCUT2D eigenvalue weighted by atomic mass is 10.1. The molecule has 3 N–H and O–H groups in total. The lowest BCUT2D eigenvalue weighted by Gasteiger charge is -2.05. The Morgan fingerprint density at radius 2 is 2.24 bits per heavy atom. The standard InChI is InChI=1S/C13H11N3O4S/c17-10-4-7(5-14-10)11(18)16-13-15-8-2-1-6(12(19)20)3-9(8)21-13/h1-3,7H,4-5H2,(H,14,17)(H,19,20)(H,15,16,18). The zero-order valence-corrected chi connectivity index (χ0v) is 11.6. The first-order chi connectivity index (χ1) is 10.0. The number of benzene rings is 1. The Labute approximate surface area is 123 Å². The van der Waals surface area contributed by atoms with Gasteiger partial charge in [-0.15, -0.1) is 0 Å². The van der Waals surface area contributed by atoms with E-state index in [2.05, 4.69) is 15.6 Å². The van der Waals surface area contributed by atoms with E-state index in [0.717, 1.165) is 0 Å². The number of amides is 2. The number of nitrogens with zero attached hydrogens (tertiary/aromatic N) is 1. The van der Waals surface area contributed by atoms with E-state index in [1.807, 2.05) is 0 Å². The molecular weight excluding hydrogens is 294 g/mol. The van der Waals surface area contributed by atoms with Gasteiger partial charge in [0.2, 0.25) is 11.8 Å². The third-order valence-corrected chi connectivity index (χ3v) is 4.15. The molecule has 21 heavy (non-hydrogen) atoms. The number of carbonyl (C=O) groups is 3. The summed E-state index contributed by atoms with van der Waals surface area (Å²) in [5.41, 5.74) is 0.801. The lowest BCUT2D eigenvalue weighted by molar-refractivity contribution is -0.123. The van der Waals surface area contributed by atoms with E-state index in [9.17, 15) is 14.4 Å². The summed E-state index contributed by atoms with van der Waals surface area (Å²) in [4.78, 5) is 38.2. The predicted molar refractivity (Wildman–Crippen MR) is 76.3 cm³/mol. The van der Waals surface area contributed by atoms with Gasteiger partial charge in [0.15, 0.2) is 5.13 Å². The van der Waals surface area contributed by atoms with Gasteiger partial charge in [-0.05, 0) is 18.2 Å². The van der Waals surface area contributed by atoms with Crippen molar-refractivity contribution in [3.63, 3.8) is 0 Å². The van der Waals surface area contributed by atoms with Crippen molar-refractivity contribution in [1.82, 2.24) is 10.3 Å². The molecule has 0 spiro atoms. The summed E-state index contributed by atoms with van der Waals surface area (Å²) >= 11 is 1.21. The van der Waals surface area contributed by atoms with Gasteiger partial charge < -0.3 is 15.7 Å². The highest BCUT2D eigenvalue weighted by atomic mass is 32.1. The molecular formula is C13H11N3O4S. The van der Waals surface area contributed by atoms with E-state index in [1.165, 1.54) is 23.5 Å². The highest BCUT2D eigenvalue weighted by Gasteiger charge is 2.28. The van der Waals surface area contributed by atoms with Crippen LogP contribution in [0, 0.1) is 5.92 Å². The number of carboxylic acid groups (broad SMARTS) is 1. The molecule has 2 heterocycles. The summed E-state index contributed by atoms with van der Waals surface area (Å²) in [6, 6.07) is 4.59. The van der Waals surface area contributed by atoms with E-state index in [4.69, 9.17) is 5.11 Å². The largest absolute Gasteiger partial charge is 0.478 e. The van der Waals surface area contributed by atoms with Crippen LogP contribution in [0.1, 0.15) is 16.8 Å². The van der Waals surface area contributed by atoms with Crippen molar-refractivity contribution in [2.75, 3.05) is 11.9 Å². The Morgan fingerprint density at radius 1 is 1.43 bits per heavy atom. The first kappa shape index (κ1) is 13.5. The Balaban J connectivity index is 1.79. The van der Waals surface area contributed by atoms with Gasteiger partial charge in [-0.1, -0.05) is 11.3 Å². The van der Waals surface area contributed by atoms with Crippen molar-refractivity contribution in [2.24, 2.45) is 5.92 Å². The molecule has 1 atom stereocenters. The van der Waals surface area contributed by atoms with Crippen molar-refractivity contribution >= 4 is 44.5 Å². The number of thiazole rings is 1. The molecule has 1 aromatic carbocycles. The van der Waals surface area contributed by atoms with Crippen LogP contribution >= 0.6 is 11.3 Å². The summed E-state index contributed by atoms with van der Waals surface area (Å²) < 4.78 is 0.686. The Bertz CT molecular complexity index is 755. The van der Waals surface area contributed by atoms with Crippen molar-refractivity contribution in [1.29, 1.82) is 0 Å². The zero-order chi connectivity index (χ0) is 15.0. The Hall–Kier alpha value is -2.48. The maximum Gasteiger partial charge on any atom is 0.335 e. The number of fused-ring (bicyclic) bond motifs is 1. The van der Waals surface area contributed by atoms with Crippen LogP contribution in [0.3, 0.4) is 0 Å². The third kappa shape index (κ3) is 2.70. The molecule has 0 radical (unpaired) electrons. The molecule has 1 unspecified atom stereocenters. The monoisotopic (exact) mass is 305 g/mol. The average Bonchev–Trinajstić information content (AvgIpc) is 3.03. The molecule has 2 aromatic rings. The van der Waals surface area contributed by atoms with E-state index in [1.54, 1.807) is 6.07 Å². The number of rotatable bonds is 3. The number of aromatic nitrogens is 1. The van der Waals surface area contributed by atoms with Gasteiger partial charge >= 0.3 is 5.97 Å². The van der Waals surface area contributed by atoms with Gasteiger partial charge in [0.05, 0.1) is 21.7 Å². The topological polar surface area (TPSA) is 108 Å². The van der Waals surface area contributed by atoms with Crippen molar-refractivity contribution in [2.45, 2.75) is 6.42 Å². The highest BCUT2D eigenvalue weighted by Crippen LogP contribution is 2.27. The van der Waals surface area contributed by atoms with Crippen LogP contribution in [0.25, 0.3) is 10.2 Å². The SMILES string of the molecule is O=C1CC(C(=O)Nc2nc3ccc(C(=O)O)cc3s2)CN1.